The van der Waals surface area contributed by atoms with Crippen molar-refractivity contribution in [2.45, 2.75) is 13.5 Å². The van der Waals surface area contributed by atoms with Crippen molar-refractivity contribution in [2.75, 3.05) is 5.32 Å². The van der Waals surface area contributed by atoms with E-state index < -0.39 is 0 Å². The molecule has 0 amide bonds. The molecule has 0 radical (unpaired) electrons. The molecule has 5 nitrogen and oxygen atoms in total. The van der Waals surface area contributed by atoms with Gasteiger partial charge in [0.25, 0.3) is 0 Å². The van der Waals surface area contributed by atoms with Crippen LogP contribution < -0.4 is 5.32 Å². The van der Waals surface area contributed by atoms with Gasteiger partial charge < -0.3 is 9.72 Å². The van der Waals surface area contributed by atoms with E-state index in [1.165, 1.54) is 5.56 Å². The Morgan fingerprint density at radius 3 is 3.14 bits per heavy atom. The maximum absolute atomic E-state index is 4.65. The van der Waals surface area contributed by atoms with E-state index in [1.807, 2.05) is 34.3 Å². The Labute approximate surface area is 125 Å². The molecule has 0 fully saturated rings. The van der Waals surface area contributed by atoms with Gasteiger partial charge in [-0.3, -0.25) is 0 Å². The number of aryl methyl sites for hydroxylation is 1. The van der Waals surface area contributed by atoms with Crippen molar-refractivity contribution in [2.24, 2.45) is 0 Å². The van der Waals surface area contributed by atoms with Gasteiger partial charge in [0.15, 0.2) is 0 Å². The van der Waals surface area contributed by atoms with Crippen LogP contribution in [0.5, 0.6) is 0 Å². The van der Waals surface area contributed by atoms with Gasteiger partial charge in [-0.1, -0.05) is 6.07 Å². The van der Waals surface area contributed by atoms with E-state index in [0.29, 0.717) is 6.54 Å². The Hall–Kier alpha value is -2.47. The van der Waals surface area contributed by atoms with Crippen molar-refractivity contribution in [1.82, 2.24) is 19.4 Å². The maximum Gasteiger partial charge on any atom is 0.140 e. The summed E-state index contributed by atoms with van der Waals surface area (Å²) in [5.74, 6) is 0.857. The van der Waals surface area contributed by atoms with Crippen molar-refractivity contribution in [3.8, 4) is 0 Å². The van der Waals surface area contributed by atoms with Crippen molar-refractivity contribution >= 4 is 33.0 Å². The van der Waals surface area contributed by atoms with Crippen LogP contribution in [0.1, 0.15) is 11.3 Å². The normalized spacial score (nSPS) is 11.3. The summed E-state index contributed by atoms with van der Waals surface area (Å²) in [5.41, 5.74) is 3.16. The Morgan fingerprint density at radius 1 is 1.29 bits per heavy atom. The molecule has 4 heterocycles. The fourth-order valence-corrected chi connectivity index (χ4v) is 3.13. The fraction of sp³-hybridized carbons (Fsp3) is 0.133. The average Bonchev–Trinajstić information content (AvgIpc) is 3.12. The summed E-state index contributed by atoms with van der Waals surface area (Å²) >= 11 is 1.62. The topological polar surface area (TPSA) is 55.1 Å². The van der Waals surface area contributed by atoms with E-state index in [1.54, 1.807) is 17.7 Å². The van der Waals surface area contributed by atoms with Crippen molar-refractivity contribution in [1.29, 1.82) is 0 Å². The van der Waals surface area contributed by atoms with Gasteiger partial charge in [0.05, 0.1) is 17.6 Å². The Bertz CT molecular complexity index is 924. The lowest BCUT2D eigenvalue weighted by Crippen LogP contribution is -2.02. The molecule has 0 bridgehead atoms. The number of hydrogen-bond acceptors (Lipinski definition) is 5. The van der Waals surface area contributed by atoms with Crippen molar-refractivity contribution < 1.29 is 0 Å². The number of imidazole rings is 1. The predicted molar refractivity (Wildman–Crippen MR) is 84.7 cm³/mol. The zero-order valence-corrected chi connectivity index (χ0v) is 12.3. The molecular formula is C15H13N5S. The molecule has 0 saturated heterocycles. The molecule has 6 heteroatoms. The molecule has 0 aliphatic carbocycles. The second-order valence-corrected chi connectivity index (χ2v) is 5.76. The summed E-state index contributed by atoms with van der Waals surface area (Å²) in [6.45, 7) is 2.71. The van der Waals surface area contributed by atoms with Crippen LogP contribution in [0.3, 0.4) is 0 Å². The minimum atomic E-state index is 0.642. The first kappa shape index (κ1) is 12.3. The van der Waals surface area contributed by atoms with Crippen LogP contribution in [0, 0.1) is 6.92 Å². The summed E-state index contributed by atoms with van der Waals surface area (Å²) < 4.78 is 2.05. The number of rotatable bonds is 3. The molecule has 0 spiro atoms. The lowest BCUT2D eigenvalue weighted by molar-refractivity contribution is 1.06. The Balaban J connectivity index is 1.63. The second-order valence-electron chi connectivity index (χ2n) is 4.87. The van der Waals surface area contributed by atoms with Crippen LogP contribution in [0.4, 0.5) is 5.82 Å². The van der Waals surface area contributed by atoms with E-state index in [0.717, 1.165) is 27.4 Å². The number of anilines is 1. The second kappa shape index (κ2) is 4.82. The molecule has 4 aromatic rings. The number of hydrogen-bond donors (Lipinski definition) is 1. The number of aromatic nitrogens is 4. The van der Waals surface area contributed by atoms with Crippen LogP contribution >= 0.6 is 11.3 Å². The number of nitrogens with one attached hydrogen (secondary N) is 1. The van der Waals surface area contributed by atoms with E-state index in [2.05, 4.69) is 33.3 Å². The van der Waals surface area contributed by atoms with Gasteiger partial charge in [-0.25, -0.2) is 15.0 Å². The lowest BCUT2D eigenvalue weighted by Gasteiger charge is -2.03. The van der Waals surface area contributed by atoms with E-state index in [4.69, 9.17) is 0 Å². The van der Waals surface area contributed by atoms with E-state index >= 15 is 0 Å². The Kier molecular flexibility index (Phi) is 2.82. The third-order valence-electron chi connectivity index (χ3n) is 3.43. The zero-order valence-electron chi connectivity index (χ0n) is 11.4. The molecule has 4 rings (SSSR count). The molecule has 0 aliphatic rings. The number of fused-ring (bicyclic) bond motifs is 2. The van der Waals surface area contributed by atoms with Crippen LogP contribution in [-0.2, 0) is 6.54 Å². The molecule has 104 valence electrons. The number of pyridine rings is 1. The highest BCUT2D eigenvalue weighted by atomic mass is 32.1. The van der Waals surface area contributed by atoms with Gasteiger partial charge in [-0.2, -0.15) is 0 Å². The molecule has 0 aromatic carbocycles. The van der Waals surface area contributed by atoms with Gasteiger partial charge in [0.2, 0.25) is 0 Å². The first-order valence-electron chi connectivity index (χ1n) is 6.66. The third kappa shape index (κ3) is 2.13. The number of thiophene rings is 1. The quantitative estimate of drug-likeness (QED) is 0.630. The van der Waals surface area contributed by atoms with Gasteiger partial charge in [0.1, 0.15) is 22.6 Å². The van der Waals surface area contributed by atoms with Crippen LogP contribution in [-0.4, -0.2) is 19.4 Å². The highest BCUT2D eigenvalue weighted by Crippen LogP contribution is 2.24. The largest absolute Gasteiger partial charge is 0.364 e. The van der Waals surface area contributed by atoms with Crippen molar-refractivity contribution in [3.63, 3.8) is 0 Å². The molecule has 0 atom stereocenters. The molecule has 21 heavy (non-hydrogen) atoms. The first-order valence-corrected chi connectivity index (χ1v) is 7.54. The highest BCUT2D eigenvalue weighted by Gasteiger charge is 2.07. The molecular weight excluding hydrogens is 282 g/mol. The SMILES string of the molecule is Cc1cccn2cc(CNc3ncnc4sccc34)nc12. The standard InChI is InChI=1S/C15H13N5S/c1-10-3-2-5-20-8-11(19-14(10)20)7-16-13-12-4-6-21-15(12)18-9-17-13/h2-6,8-9H,7H2,1H3,(H,16,17,18). The molecule has 0 aliphatic heterocycles. The summed E-state index contributed by atoms with van der Waals surface area (Å²) in [7, 11) is 0. The van der Waals surface area contributed by atoms with Crippen LogP contribution in [0.25, 0.3) is 15.9 Å². The Morgan fingerprint density at radius 2 is 2.24 bits per heavy atom. The van der Waals surface area contributed by atoms with Gasteiger partial charge >= 0.3 is 0 Å². The minimum absolute atomic E-state index is 0.642. The lowest BCUT2D eigenvalue weighted by atomic mass is 10.3. The van der Waals surface area contributed by atoms with Gasteiger partial charge in [-0.15, -0.1) is 11.3 Å². The van der Waals surface area contributed by atoms with Gasteiger partial charge in [0, 0.05) is 12.4 Å². The number of nitrogens with zero attached hydrogens (tertiary/aromatic N) is 4. The summed E-state index contributed by atoms with van der Waals surface area (Å²) in [6.07, 6.45) is 5.65. The van der Waals surface area contributed by atoms with E-state index in [9.17, 15) is 0 Å². The smallest absolute Gasteiger partial charge is 0.140 e. The minimum Gasteiger partial charge on any atom is -0.364 e. The zero-order chi connectivity index (χ0) is 14.2. The first-order chi connectivity index (χ1) is 10.3. The predicted octanol–water partition coefficient (Wildman–Crippen LogP) is 3.26. The summed E-state index contributed by atoms with van der Waals surface area (Å²) in [4.78, 5) is 14.2. The summed E-state index contributed by atoms with van der Waals surface area (Å²) in [6, 6.07) is 6.13. The van der Waals surface area contributed by atoms with Crippen LogP contribution in [0.2, 0.25) is 0 Å². The molecule has 1 N–H and O–H groups in total. The average molecular weight is 295 g/mol. The van der Waals surface area contributed by atoms with Crippen LogP contribution in [0.15, 0.2) is 42.3 Å². The molecule has 0 saturated carbocycles. The third-order valence-corrected chi connectivity index (χ3v) is 4.25. The fourth-order valence-electron chi connectivity index (χ4n) is 2.39. The van der Waals surface area contributed by atoms with Crippen molar-refractivity contribution in [3.05, 3.63) is 53.6 Å². The van der Waals surface area contributed by atoms with E-state index in [-0.39, 0.29) is 0 Å². The monoisotopic (exact) mass is 295 g/mol. The maximum atomic E-state index is 4.65. The summed E-state index contributed by atoms with van der Waals surface area (Å²) in [5, 5.41) is 6.43. The highest BCUT2D eigenvalue weighted by molar-refractivity contribution is 7.16. The molecule has 4 aromatic heterocycles. The van der Waals surface area contributed by atoms with Gasteiger partial charge in [-0.05, 0) is 30.0 Å². The molecule has 0 unspecified atom stereocenters.